The van der Waals surface area contributed by atoms with Gasteiger partial charge in [0.25, 0.3) is 0 Å². The summed E-state index contributed by atoms with van der Waals surface area (Å²) < 4.78 is 11.7. The highest BCUT2D eigenvalue weighted by Crippen LogP contribution is 2.36. The Bertz CT molecular complexity index is 344. The van der Waals surface area contributed by atoms with Crippen molar-refractivity contribution >= 4 is 29.1 Å². The minimum atomic E-state index is -0.812. The molecule has 0 saturated carbocycles. The minimum Gasteiger partial charge on any atom is -0.481 e. The number of carboxylic acids is 1. The third-order valence-electron chi connectivity index (χ3n) is 1.86. The lowest BCUT2D eigenvalue weighted by Gasteiger charge is -2.08. The lowest BCUT2D eigenvalue weighted by molar-refractivity contribution is -0.133. The summed E-state index contributed by atoms with van der Waals surface area (Å²) in [5, 5.41) is 10.5. The molecule has 2 rings (SSSR count). The highest BCUT2D eigenvalue weighted by atomic mass is 32.2. The molecular weight excluding hydrogens is 236 g/mol. The molecule has 6 heteroatoms. The molecular formula is C9H10O4S2. The van der Waals surface area contributed by atoms with Crippen LogP contribution in [-0.4, -0.2) is 30.0 Å². The van der Waals surface area contributed by atoms with Crippen molar-refractivity contribution < 1.29 is 19.4 Å². The van der Waals surface area contributed by atoms with Gasteiger partial charge >= 0.3 is 5.97 Å². The number of carboxylic acid groups (broad SMARTS) is 1. The molecule has 0 aromatic carbocycles. The van der Waals surface area contributed by atoms with Gasteiger partial charge < -0.3 is 14.6 Å². The lowest BCUT2D eigenvalue weighted by atomic mass is 10.3. The summed E-state index contributed by atoms with van der Waals surface area (Å²) in [6.45, 7) is 1.20. The van der Waals surface area contributed by atoms with Crippen molar-refractivity contribution in [3.05, 3.63) is 17.0 Å². The maximum Gasteiger partial charge on any atom is 0.313 e. The van der Waals surface area contributed by atoms with E-state index in [-0.39, 0.29) is 12.0 Å². The highest BCUT2D eigenvalue weighted by molar-refractivity contribution is 8.01. The van der Waals surface area contributed by atoms with Crippen molar-refractivity contribution in [3.63, 3.8) is 0 Å². The Balaban J connectivity index is 2.04. The molecule has 0 spiro atoms. The van der Waals surface area contributed by atoms with Crippen molar-refractivity contribution in [2.24, 2.45) is 0 Å². The fourth-order valence-corrected chi connectivity index (χ4v) is 3.10. The normalized spacial score (nSPS) is 17.1. The van der Waals surface area contributed by atoms with Gasteiger partial charge in [0.2, 0.25) is 0 Å². The van der Waals surface area contributed by atoms with Crippen LogP contribution in [-0.2, 0) is 14.3 Å². The van der Waals surface area contributed by atoms with E-state index in [1.165, 1.54) is 23.1 Å². The summed E-state index contributed by atoms with van der Waals surface area (Å²) >= 11 is 2.83. The largest absolute Gasteiger partial charge is 0.481 e. The fourth-order valence-electron chi connectivity index (χ4n) is 1.26. The van der Waals surface area contributed by atoms with Crippen molar-refractivity contribution in [2.45, 2.75) is 10.5 Å². The molecule has 1 fully saturated rings. The lowest BCUT2D eigenvalue weighted by Crippen LogP contribution is -2.00. The van der Waals surface area contributed by atoms with E-state index in [0.29, 0.717) is 13.2 Å². The first kappa shape index (κ1) is 10.9. The van der Waals surface area contributed by atoms with Crippen LogP contribution in [0.4, 0.5) is 0 Å². The van der Waals surface area contributed by atoms with E-state index in [4.69, 9.17) is 14.6 Å². The number of aliphatic carboxylic acids is 1. The number of hydrogen-bond acceptors (Lipinski definition) is 5. The molecule has 0 unspecified atom stereocenters. The summed E-state index contributed by atoms with van der Waals surface area (Å²) in [7, 11) is 0. The van der Waals surface area contributed by atoms with Crippen LogP contribution in [0, 0.1) is 0 Å². The predicted octanol–water partition coefficient (Wildman–Crippen LogP) is 1.97. The molecule has 0 atom stereocenters. The summed E-state index contributed by atoms with van der Waals surface area (Å²) in [6, 6.07) is 1.92. The van der Waals surface area contributed by atoms with Crippen LogP contribution in [0.1, 0.15) is 11.9 Å². The van der Waals surface area contributed by atoms with E-state index in [1.807, 2.05) is 11.4 Å². The Morgan fingerprint density at radius 3 is 3.00 bits per heavy atom. The van der Waals surface area contributed by atoms with E-state index in [0.717, 1.165) is 9.77 Å². The third kappa shape index (κ3) is 2.72. The maximum atomic E-state index is 10.4. The van der Waals surface area contributed by atoms with E-state index < -0.39 is 5.97 Å². The van der Waals surface area contributed by atoms with Crippen LogP contribution in [0.25, 0.3) is 0 Å². The second kappa shape index (κ2) is 4.98. The Hall–Kier alpha value is -0.560. The van der Waals surface area contributed by atoms with Gasteiger partial charge in [-0.25, -0.2) is 0 Å². The van der Waals surface area contributed by atoms with Gasteiger partial charge in [-0.3, -0.25) is 4.79 Å². The van der Waals surface area contributed by atoms with Crippen LogP contribution in [0.3, 0.4) is 0 Å². The molecule has 15 heavy (non-hydrogen) atoms. The molecule has 1 N–H and O–H groups in total. The maximum absolute atomic E-state index is 10.4. The van der Waals surface area contributed by atoms with Gasteiger partial charge in [0, 0.05) is 5.56 Å². The standard InChI is InChI=1S/C9H10O4S2/c10-7(11)5-15-9-6(1-4-14-9)8-12-2-3-13-8/h1,4,8H,2-3,5H2,(H,10,11). The first-order valence-electron chi connectivity index (χ1n) is 4.42. The number of ether oxygens (including phenoxy) is 2. The third-order valence-corrected chi connectivity index (χ3v) is 4.11. The molecule has 1 aliphatic rings. The molecule has 4 nitrogen and oxygen atoms in total. The van der Waals surface area contributed by atoms with E-state index >= 15 is 0 Å². The fraction of sp³-hybridized carbons (Fsp3) is 0.444. The molecule has 1 saturated heterocycles. The highest BCUT2D eigenvalue weighted by Gasteiger charge is 2.22. The molecule has 0 bridgehead atoms. The molecule has 2 heterocycles. The SMILES string of the molecule is O=C(O)CSc1sccc1C1OCCO1. The minimum absolute atomic E-state index is 0.0697. The number of hydrogen-bond donors (Lipinski definition) is 1. The Labute approximate surface area is 95.2 Å². The van der Waals surface area contributed by atoms with E-state index in [2.05, 4.69) is 0 Å². The number of thioether (sulfide) groups is 1. The Morgan fingerprint density at radius 2 is 2.33 bits per heavy atom. The molecule has 0 radical (unpaired) electrons. The van der Waals surface area contributed by atoms with E-state index in [1.54, 1.807) is 0 Å². The Morgan fingerprint density at radius 1 is 1.60 bits per heavy atom. The topological polar surface area (TPSA) is 55.8 Å². The van der Waals surface area contributed by atoms with Crippen molar-refractivity contribution in [1.82, 2.24) is 0 Å². The monoisotopic (exact) mass is 246 g/mol. The van der Waals surface area contributed by atoms with Crippen molar-refractivity contribution in [2.75, 3.05) is 19.0 Å². The van der Waals surface area contributed by atoms with Crippen LogP contribution < -0.4 is 0 Å². The summed E-state index contributed by atoms with van der Waals surface area (Å²) in [5.74, 6) is -0.743. The van der Waals surface area contributed by atoms with Gasteiger partial charge in [-0.1, -0.05) is 0 Å². The quantitative estimate of drug-likeness (QED) is 0.823. The summed E-state index contributed by atoms with van der Waals surface area (Å²) in [4.78, 5) is 10.4. The van der Waals surface area contributed by atoms with Crippen molar-refractivity contribution in [1.29, 1.82) is 0 Å². The number of thiophene rings is 1. The average molecular weight is 246 g/mol. The predicted molar refractivity (Wildman–Crippen MR) is 57.3 cm³/mol. The molecule has 0 amide bonds. The second-order valence-electron chi connectivity index (χ2n) is 2.92. The molecule has 82 valence electrons. The van der Waals surface area contributed by atoms with Gasteiger partial charge in [-0.05, 0) is 11.4 Å². The number of rotatable bonds is 4. The Kier molecular flexibility index (Phi) is 3.63. The number of carbonyl (C=O) groups is 1. The van der Waals surface area contributed by atoms with Gasteiger partial charge in [0.1, 0.15) is 0 Å². The zero-order valence-corrected chi connectivity index (χ0v) is 9.47. The molecule has 0 aliphatic carbocycles. The van der Waals surface area contributed by atoms with Gasteiger partial charge in [0.15, 0.2) is 6.29 Å². The van der Waals surface area contributed by atoms with Crippen molar-refractivity contribution in [3.8, 4) is 0 Å². The van der Waals surface area contributed by atoms with Crippen LogP contribution in [0.2, 0.25) is 0 Å². The van der Waals surface area contributed by atoms with Gasteiger partial charge in [-0.2, -0.15) is 0 Å². The van der Waals surface area contributed by atoms with E-state index in [9.17, 15) is 4.79 Å². The summed E-state index contributed by atoms with van der Waals surface area (Å²) in [6.07, 6.45) is -0.312. The smallest absolute Gasteiger partial charge is 0.313 e. The summed E-state index contributed by atoms with van der Waals surface area (Å²) in [5.41, 5.74) is 0.948. The van der Waals surface area contributed by atoms with Crippen LogP contribution in [0.15, 0.2) is 15.7 Å². The zero-order valence-electron chi connectivity index (χ0n) is 7.84. The average Bonchev–Trinajstić information content (AvgIpc) is 2.85. The van der Waals surface area contributed by atoms with Gasteiger partial charge in [0.05, 0.1) is 23.2 Å². The van der Waals surface area contributed by atoms with Crippen LogP contribution in [0.5, 0.6) is 0 Å². The molecule has 1 aromatic rings. The first-order valence-corrected chi connectivity index (χ1v) is 6.29. The zero-order chi connectivity index (χ0) is 10.7. The molecule has 1 aliphatic heterocycles. The second-order valence-corrected chi connectivity index (χ2v) is 5.08. The molecule has 1 aromatic heterocycles. The first-order chi connectivity index (χ1) is 7.27. The van der Waals surface area contributed by atoms with Gasteiger partial charge in [-0.15, -0.1) is 23.1 Å². The van der Waals surface area contributed by atoms with Crippen LogP contribution >= 0.6 is 23.1 Å².